The Morgan fingerprint density at radius 3 is 2.47 bits per heavy atom. The average Bonchev–Trinajstić information content (AvgIpc) is 3.39. The van der Waals surface area contributed by atoms with Crippen LogP contribution in [0.2, 0.25) is 0 Å². The number of carbonyl (C=O) groups excluding carboxylic acids is 3. The van der Waals surface area contributed by atoms with Gasteiger partial charge in [-0.3, -0.25) is 14.4 Å². The summed E-state index contributed by atoms with van der Waals surface area (Å²) in [5.74, 6) is -0.651. The monoisotopic (exact) mass is 465 g/mol. The molecule has 1 saturated heterocycles. The van der Waals surface area contributed by atoms with E-state index in [1.807, 2.05) is 0 Å². The molecule has 9 heteroatoms. The first kappa shape index (κ1) is 23.0. The Morgan fingerprint density at radius 1 is 1.00 bits per heavy atom. The van der Waals surface area contributed by atoms with Gasteiger partial charge in [-0.05, 0) is 48.9 Å². The SMILES string of the molecule is Cc1ccc(C(=O)N2CCN(C(=O)COc3cccc(NC(=O)c4ccco4)c3)CC2)cc1F. The second-order valence-electron chi connectivity index (χ2n) is 7.88. The van der Waals surface area contributed by atoms with Gasteiger partial charge in [-0.1, -0.05) is 12.1 Å². The number of rotatable bonds is 6. The molecule has 1 aliphatic heterocycles. The number of halogens is 1. The number of carbonyl (C=O) groups is 3. The molecule has 0 atom stereocenters. The van der Waals surface area contributed by atoms with Crippen LogP contribution in [0.1, 0.15) is 26.5 Å². The minimum absolute atomic E-state index is 0.174. The standard InChI is InChI=1S/C25H24FN3O5/c1-17-7-8-18(14-21(17)26)25(32)29-11-9-28(10-12-29)23(30)16-34-20-5-2-4-19(15-20)27-24(31)22-6-3-13-33-22/h2-8,13-15H,9-12,16H2,1H3,(H,27,31). The summed E-state index contributed by atoms with van der Waals surface area (Å²) in [5.41, 5.74) is 1.29. The van der Waals surface area contributed by atoms with E-state index in [0.717, 1.165) is 0 Å². The number of anilines is 1. The van der Waals surface area contributed by atoms with Crippen LogP contribution in [0, 0.1) is 12.7 Å². The molecule has 2 aromatic carbocycles. The summed E-state index contributed by atoms with van der Waals surface area (Å²) in [7, 11) is 0. The number of furan rings is 1. The van der Waals surface area contributed by atoms with Crippen molar-refractivity contribution in [2.24, 2.45) is 0 Å². The van der Waals surface area contributed by atoms with E-state index in [4.69, 9.17) is 9.15 Å². The third-order valence-corrected chi connectivity index (χ3v) is 5.54. The van der Waals surface area contributed by atoms with Crippen LogP contribution < -0.4 is 10.1 Å². The predicted molar refractivity (Wildman–Crippen MR) is 122 cm³/mol. The van der Waals surface area contributed by atoms with Crippen molar-refractivity contribution in [3.8, 4) is 5.75 Å². The van der Waals surface area contributed by atoms with Crippen LogP contribution in [-0.4, -0.2) is 60.3 Å². The van der Waals surface area contributed by atoms with Gasteiger partial charge in [0.15, 0.2) is 12.4 Å². The van der Waals surface area contributed by atoms with E-state index in [1.54, 1.807) is 65.3 Å². The minimum atomic E-state index is -0.415. The quantitative estimate of drug-likeness (QED) is 0.603. The van der Waals surface area contributed by atoms with E-state index in [2.05, 4.69) is 5.32 Å². The number of ether oxygens (including phenoxy) is 1. The van der Waals surface area contributed by atoms with Gasteiger partial charge in [-0.2, -0.15) is 0 Å². The number of amides is 3. The molecule has 176 valence electrons. The molecular weight excluding hydrogens is 441 g/mol. The smallest absolute Gasteiger partial charge is 0.291 e. The maximum atomic E-state index is 13.8. The number of hydrogen-bond acceptors (Lipinski definition) is 5. The zero-order chi connectivity index (χ0) is 24.1. The van der Waals surface area contributed by atoms with E-state index in [1.165, 1.54) is 12.3 Å². The van der Waals surface area contributed by atoms with Gasteiger partial charge in [-0.15, -0.1) is 0 Å². The fourth-order valence-corrected chi connectivity index (χ4v) is 3.57. The molecule has 3 aromatic rings. The van der Waals surface area contributed by atoms with Gasteiger partial charge < -0.3 is 24.3 Å². The van der Waals surface area contributed by atoms with Crippen LogP contribution in [0.25, 0.3) is 0 Å². The Hall–Kier alpha value is -4.14. The van der Waals surface area contributed by atoms with Crippen molar-refractivity contribution in [1.82, 2.24) is 9.80 Å². The zero-order valence-electron chi connectivity index (χ0n) is 18.6. The highest BCUT2D eigenvalue weighted by Crippen LogP contribution is 2.19. The van der Waals surface area contributed by atoms with Crippen LogP contribution in [-0.2, 0) is 4.79 Å². The van der Waals surface area contributed by atoms with Crippen LogP contribution in [0.15, 0.2) is 65.3 Å². The molecule has 34 heavy (non-hydrogen) atoms. The number of piperazine rings is 1. The third kappa shape index (κ3) is 5.43. The Balaban J connectivity index is 1.26. The summed E-state index contributed by atoms with van der Waals surface area (Å²) in [6, 6.07) is 14.3. The fourth-order valence-electron chi connectivity index (χ4n) is 3.57. The molecule has 0 spiro atoms. The Bertz CT molecular complexity index is 1190. The first-order valence-corrected chi connectivity index (χ1v) is 10.8. The summed E-state index contributed by atoms with van der Waals surface area (Å²) in [6.45, 7) is 2.90. The highest BCUT2D eigenvalue weighted by atomic mass is 19.1. The van der Waals surface area contributed by atoms with E-state index in [9.17, 15) is 18.8 Å². The van der Waals surface area contributed by atoms with Crippen molar-refractivity contribution in [3.05, 3.63) is 83.6 Å². The molecule has 0 unspecified atom stereocenters. The number of hydrogen-bond donors (Lipinski definition) is 1. The predicted octanol–water partition coefficient (Wildman–Crippen LogP) is 3.34. The van der Waals surface area contributed by atoms with Gasteiger partial charge in [0.25, 0.3) is 17.7 Å². The summed E-state index contributed by atoms with van der Waals surface area (Å²) in [4.78, 5) is 40.6. The molecule has 1 aliphatic rings. The third-order valence-electron chi connectivity index (χ3n) is 5.54. The number of benzene rings is 2. The molecular formula is C25H24FN3O5. The molecule has 1 aromatic heterocycles. The fraction of sp³-hybridized carbons (Fsp3) is 0.240. The van der Waals surface area contributed by atoms with Crippen LogP contribution in [0.5, 0.6) is 5.75 Å². The molecule has 2 heterocycles. The van der Waals surface area contributed by atoms with Crippen LogP contribution >= 0.6 is 0 Å². The Morgan fingerprint density at radius 2 is 1.76 bits per heavy atom. The number of nitrogens with zero attached hydrogens (tertiary/aromatic N) is 2. The maximum Gasteiger partial charge on any atom is 0.291 e. The summed E-state index contributed by atoms with van der Waals surface area (Å²) in [5, 5.41) is 2.70. The van der Waals surface area contributed by atoms with E-state index < -0.39 is 5.82 Å². The molecule has 0 saturated carbocycles. The molecule has 0 aliphatic carbocycles. The van der Waals surface area contributed by atoms with Gasteiger partial charge in [-0.25, -0.2) is 4.39 Å². The summed E-state index contributed by atoms with van der Waals surface area (Å²) < 4.78 is 24.5. The van der Waals surface area contributed by atoms with Crippen molar-refractivity contribution in [1.29, 1.82) is 0 Å². The minimum Gasteiger partial charge on any atom is -0.484 e. The highest BCUT2D eigenvalue weighted by molar-refractivity contribution is 6.02. The van der Waals surface area contributed by atoms with Crippen molar-refractivity contribution in [3.63, 3.8) is 0 Å². The first-order valence-electron chi connectivity index (χ1n) is 10.8. The van der Waals surface area contributed by atoms with Crippen molar-refractivity contribution in [2.45, 2.75) is 6.92 Å². The van der Waals surface area contributed by atoms with Crippen LogP contribution in [0.4, 0.5) is 10.1 Å². The van der Waals surface area contributed by atoms with Gasteiger partial charge in [0.2, 0.25) is 0 Å². The number of nitrogens with one attached hydrogen (secondary N) is 1. The molecule has 3 amide bonds. The van der Waals surface area contributed by atoms with Crippen molar-refractivity contribution in [2.75, 3.05) is 38.1 Å². The number of aryl methyl sites for hydroxylation is 1. The molecule has 1 N–H and O–H groups in total. The molecule has 0 radical (unpaired) electrons. The van der Waals surface area contributed by atoms with Gasteiger partial charge >= 0.3 is 0 Å². The molecule has 4 rings (SSSR count). The van der Waals surface area contributed by atoms with E-state index in [0.29, 0.717) is 48.7 Å². The molecule has 8 nitrogen and oxygen atoms in total. The van der Waals surface area contributed by atoms with Gasteiger partial charge in [0, 0.05) is 43.5 Å². The lowest BCUT2D eigenvalue weighted by atomic mass is 10.1. The van der Waals surface area contributed by atoms with Crippen molar-refractivity contribution < 1.29 is 27.9 Å². The zero-order valence-corrected chi connectivity index (χ0v) is 18.6. The molecule has 1 fully saturated rings. The molecule has 0 bridgehead atoms. The normalized spacial score (nSPS) is 13.5. The maximum absolute atomic E-state index is 13.8. The first-order chi connectivity index (χ1) is 16.4. The lowest BCUT2D eigenvalue weighted by Crippen LogP contribution is -2.51. The lowest BCUT2D eigenvalue weighted by Gasteiger charge is -2.34. The van der Waals surface area contributed by atoms with E-state index >= 15 is 0 Å². The highest BCUT2D eigenvalue weighted by Gasteiger charge is 2.25. The second kappa shape index (κ2) is 10.2. The average molecular weight is 465 g/mol. The van der Waals surface area contributed by atoms with Crippen molar-refractivity contribution >= 4 is 23.4 Å². The summed E-state index contributed by atoms with van der Waals surface area (Å²) in [6.07, 6.45) is 1.41. The Kier molecular flexibility index (Phi) is 6.91. The largest absolute Gasteiger partial charge is 0.484 e. The van der Waals surface area contributed by atoms with E-state index in [-0.39, 0.29) is 30.1 Å². The topological polar surface area (TPSA) is 92.1 Å². The Labute approximate surface area is 195 Å². The lowest BCUT2D eigenvalue weighted by molar-refractivity contribution is -0.134. The second-order valence-corrected chi connectivity index (χ2v) is 7.88. The van der Waals surface area contributed by atoms with Gasteiger partial charge in [0.1, 0.15) is 11.6 Å². The van der Waals surface area contributed by atoms with Gasteiger partial charge in [0.05, 0.1) is 6.26 Å². The summed E-state index contributed by atoms with van der Waals surface area (Å²) >= 11 is 0. The van der Waals surface area contributed by atoms with Crippen LogP contribution in [0.3, 0.4) is 0 Å².